The third-order valence-electron chi connectivity index (χ3n) is 2.84. The van der Waals surface area contributed by atoms with E-state index in [1.54, 1.807) is 0 Å². The van der Waals surface area contributed by atoms with E-state index < -0.39 is 10.9 Å². The summed E-state index contributed by atoms with van der Waals surface area (Å²) in [5, 5.41) is 20.2. The van der Waals surface area contributed by atoms with Gasteiger partial charge in [0.15, 0.2) is 0 Å². The quantitative estimate of drug-likeness (QED) is 0.676. The predicted molar refractivity (Wildman–Crippen MR) is 69.4 cm³/mol. The molecule has 1 aromatic carbocycles. The van der Waals surface area contributed by atoms with Crippen LogP contribution in [0.5, 0.6) is 0 Å². The lowest BCUT2D eigenvalue weighted by Gasteiger charge is -2.09. The summed E-state index contributed by atoms with van der Waals surface area (Å²) in [6, 6.07) is 5.52. The van der Waals surface area contributed by atoms with Gasteiger partial charge < -0.3 is 5.11 Å². The highest BCUT2D eigenvalue weighted by atomic mass is 16.6. The number of benzene rings is 1. The molecule has 0 saturated carbocycles. The summed E-state index contributed by atoms with van der Waals surface area (Å²) in [6.07, 6.45) is 0. The summed E-state index contributed by atoms with van der Waals surface area (Å²) in [7, 11) is 0. The van der Waals surface area contributed by atoms with Crippen molar-refractivity contribution in [3.05, 3.63) is 45.6 Å². The minimum atomic E-state index is -1.12. The van der Waals surface area contributed by atoms with Crippen LogP contribution in [0, 0.1) is 10.1 Å². The van der Waals surface area contributed by atoms with Crippen molar-refractivity contribution < 1.29 is 14.8 Å². The molecule has 0 atom stereocenters. The summed E-state index contributed by atoms with van der Waals surface area (Å²) in [6.45, 7) is 3.82. The highest BCUT2D eigenvalue weighted by molar-refractivity contribution is 6.03. The molecule has 1 aromatic heterocycles. The van der Waals surface area contributed by atoms with Gasteiger partial charge >= 0.3 is 5.97 Å². The Labute approximate surface area is 108 Å². The SMILES string of the molecule is CC(C)c1cc(C(=O)O)c2cc([N+](=O)[O-])ccc2n1. The third-order valence-corrected chi connectivity index (χ3v) is 2.84. The van der Waals surface area contributed by atoms with Crippen molar-refractivity contribution in [2.75, 3.05) is 0 Å². The fourth-order valence-electron chi connectivity index (χ4n) is 1.82. The number of nitro benzene ring substituents is 1. The molecule has 1 N–H and O–H groups in total. The minimum absolute atomic E-state index is 0.0393. The van der Waals surface area contributed by atoms with Crippen LogP contribution in [0.15, 0.2) is 24.3 Å². The Kier molecular flexibility index (Phi) is 3.16. The van der Waals surface area contributed by atoms with Crippen LogP contribution in [0.3, 0.4) is 0 Å². The molecule has 2 rings (SSSR count). The molecule has 2 aromatic rings. The Bertz CT molecular complexity index is 680. The van der Waals surface area contributed by atoms with Crippen molar-refractivity contribution in [2.24, 2.45) is 0 Å². The first kappa shape index (κ1) is 12.9. The van der Waals surface area contributed by atoms with Crippen molar-refractivity contribution in [3.63, 3.8) is 0 Å². The van der Waals surface area contributed by atoms with Gasteiger partial charge in [0.1, 0.15) is 0 Å². The maximum Gasteiger partial charge on any atom is 0.336 e. The lowest BCUT2D eigenvalue weighted by atomic mass is 10.0. The maximum atomic E-state index is 11.3. The molecule has 98 valence electrons. The lowest BCUT2D eigenvalue weighted by Crippen LogP contribution is -2.03. The fourth-order valence-corrected chi connectivity index (χ4v) is 1.82. The summed E-state index contributed by atoms with van der Waals surface area (Å²) < 4.78 is 0. The zero-order valence-electron chi connectivity index (χ0n) is 10.5. The largest absolute Gasteiger partial charge is 0.478 e. The minimum Gasteiger partial charge on any atom is -0.478 e. The van der Waals surface area contributed by atoms with Gasteiger partial charge in [-0.05, 0) is 18.1 Å². The van der Waals surface area contributed by atoms with Crippen molar-refractivity contribution in [2.45, 2.75) is 19.8 Å². The molecule has 0 aliphatic heterocycles. The molecule has 6 nitrogen and oxygen atoms in total. The standard InChI is InChI=1S/C13H12N2O4/c1-7(2)12-6-10(13(16)17)9-5-8(15(18)19)3-4-11(9)14-12/h3-7H,1-2H3,(H,16,17). The average molecular weight is 260 g/mol. The van der Waals surface area contributed by atoms with Gasteiger partial charge in [-0.3, -0.25) is 15.1 Å². The molecule has 0 saturated heterocycles. The van der Waals surface area contributed by atoms with E-state index in [1.165, 1.54) is 24.3 Å². The van der Waals surface area contributed by atoms with Gasteiger partial charge in [0.25, 0.3) is 5.69 Å². The van der Waals surface area contributed by atoms with Crippen LogP contribution in [0.2, 0.25) is 0 Å². The monoisotopic (exact) mass is 260 g/mol. The van der Waals surface area contributed by atoms with Gasteiger partial charge in [-0.25, -0.2) is 4.79 Å². The zero-order chi connectivity index (χ0) is 14.2. The molecular formula is C13H12N2O4. The van der Waals surface area contributed by atoms with Gasteiger partial charge in [0.2, 0.25) is 0 Å². The Morgan fingerprint density at radius 3 is 2.58 bits per heavy atom. The van der Waals surface area contributed by atoms with Gasteiger partial charge in [0.05, 0.1) is 16.0 Å². The van der Waals surface area contributed by atoms with E-state index in [4.69, 9.17) is 0 Å². The van der Waals surface area contributed by atoms with Crippen LogP contribution in [-0.2, 0) is 0 Å². The normalized spacial score (nSPS) is 10.9. The fraction of sp³-hybridized carbons (Fsp3) is 0.231. The van der Waals surface area contributed by atoms with E-state index in [-0.39, 0.29) is 22.6 Å². The zero-order valence-corrected chi connectivity index (χ0v) is 10.5. The molecule has 6 heteroatoms. The van der Waals surface area contributed by atoms with E-state index >= 15 is 0 Å². The van der Waals surface area contributed by atoms with Crippen LogP contribution in [0.4, 0.5) is 5.69 Å². The molecular weight excluding hydrogens is 248 g/mol. The molecule has 0 fully saturated rings. The number of carbonyl (C=O) groups is 1. The average Bonchev–Trinajstić information content (AvgIpc) is 2.36. The van der Waals surface area contributed by atoms with Crippen molar-refractivity contribution in [3.8, 4) is 0 Å². The second kappa shape index (κ2) is 4.64. The molecule has 0 unspecified atom stereocenters. The first-order valence-electron chi connectivity index (χ1n) is 5.72. The van der Waals surface area contributed by atoms with E-state index in [2.05, 4.69) is 4.98 Å². The second-order valence-electron chi connectivity index (χ2n) is 4.51. The number of nitro groups is 1. The Balaban J connectivity index is 2.79. The van der Waals surface area contributed by atoms with Crippen LogP contribution in [-0.4, -0.2) is 21.0 Å². The Hall–Kier alpha value is -2.50. The van der Waals surface area contributed by atoms with E-state index in [0.29, 0.717) is 11.2 Å². The van der Waals surface area contributed by atoms with Crippen LogP contribution >= 0.6 is 0 Å². The van der Waals surface area contributed by atoms with Crippen molar-refractivity contribution in [1.29, 1.82) is 0 Å². The number of carboxylic acids is 1. The van der Waals surface area contributed by atoms with Crippen molar-refractivity contribution >= 4 is 22.6 Å². The Morgan fingerprint density at radius 1 is 1.37 bits per heavy atom. The topological polar surface area (TPSA) is 93.3 Å². The van der Waals surface area contributed by atoms with E-state index in [1.807, 2.05) is 13.8 Å². The molecule has 0 spiro atoms. The molecule has 0 radical (unpaired) electrons. The number of nitrogens with zero attached hydrogens (tertiary/aromatic N) is 2. The number of fused-ring (bicyclic) bond motifs is 1. The maximum absolute atomic E-state index is 11.3. The Morgan fingerprint density at radius 2 is 2.05 bits per heavy atom. The number of rotatable bonds is 3. The second-order valence-corrected chi connectivity index (χ2v) is 4.51. The van der Waals surface area contributed by atoms with E-state index in [9.17, 15) is 20.0 Å². The highest BCUT2D eigenvalue weighted by Crippen LogP contribution is 2.26. The number of carboxylic acid groups (broad SMARTS) is 1. The number of aromatic carboxylic acids is 1. The summed E-state index contributed by atoms with van der Waals surface area (Å²) in [5.41, 5.74) is 0.999. The van der Waals surface area contributed by atoms with Gasteiger partial charge in [-0.1, -0.05) is 13.8 Å². The summed E-state index contributed by atoms with van der Waals surface area (Å²) in [5.74, 6) is -1.03. The number of aromatic nitrogens is 1. The first-order chi connectivity index (χ1) is 8.90. The third kappa shape index (κ3) is 2.37. The number of pyridine rings is 1. The molecule has 19 heavy (non-hydrogen) atoms. The van der Waals surface area contributed by atoms with Gasteiger partial charge in [-0.2, -0.15) is 0 Å². The summed E-state index contributed by atoms with van der Waals surface area (Å²) in [4.78, 5) is 25.8. The molecule has 0 aliphatic rings. The molecule has 0 amide bonds. The first-order valence-corrected chi connectivity index (χ1v) is 5.72. The molecule has 0 aliphatic carbocycles. The van der Waals surface area contributed by atoms with Crippen LogP contribution in [0.1, 0.15) is 35.8 Å². The van der Waals surface area contributed by atoms with Crippen LogP contribution in [0.25, 0.3) is 10.9 Å². The smallest absolute Gasteiger partial charge is 0.336 e. The lowest BCUT2D eigenvalue weighted by molar-refractivity contribution is -0.384. The van der Waals surface area contributed by atoms with Crippen molar-refractivity contribution in [1.82, 2.24) is 4.98 Å². The molecule has 1 heterocycles. The van der Waals surface area contributed by atoms with Crippen LogP contribution < -0.4 is 0 Å². The van der Waals surface area contributed by atoms with Gasteiger partial charge in [-0.15, -0.1) is 0 Å². The number of non-ortho nitro benzene ring substituents is 1. The number of hydrogen-bond acceptors (Lipinski definition) is 4. The van der Waals surface area contributed by atoms with E-state index in [0.717, 1.165) is 0 Å². The predicted octanol–water partition coefficient (Wildman–Crippen LogP) is 2.96. The number of hydrogen-bond donors (Lipinski definition) is 1. The van der Waals surface area contributed by atoms with Gasteiger partial charge in [0, 0.05) is 23.2 Å². The highest BCUT2D eigenvalue weighted by Gasteiger charge is 2.16. The summed E-state index contributed by atoms with van der Waals surface area (Å²) >= 11 is 0. The molecule has 0 bridgehead atoms.